The number of hydrogen-bond acceptors (Lipinski definition) is 3. The van der Waals surface area contributed by atoms with Crippen molar-refractivity contribution in [3.8, 4) is 0 Å². The lowest BCUT2D eigenvalue weighted by Crippen LogP contribution is -2.28. The van der Waals surface area contributed by atoms with Crippen LogP contribution in [0, 0.1) is 20.8 Å². The Morgan fingerprint density at radius 2 is 1.93 bits per heavy atom. The van der Waals surface area contributed by atoms with Gasteiger partial charge in [0.2, 0.25) is 5.72 Å². The van der Waals surface area contributed by atoms with Crippen LogP contribution >= 0.6 is 0 Å². The number of fused-ring (bicyclic) bond motifs is 1. The van der Waals surface area contributed by atoms with Gasteiger partial charge >= 0.3 is 0 Å². The number of ether oxygens (including phenoxy) is 1. The molecule has 0 saturated heterocycles. The number of nitrogens with zero attached hydrogens (tertiary/aromatic N) is 1. The predicted octanol–water partition coefficient (Wildman–Crippen LogP) is 5.26. The van der Waals surface area contributed by atoms with E-state index in [4.69, 9.17) is 4.74 Å². The van der Waals surface area contributed by atoms with Crippen LogP contribution in [0.4, 0.5) is 0 Å². The van der Waals surface area contributed by atoms with Gasteiger partial charge in [-0.15, -0.1) is 0 Å². The van der Waals surface area contributed by atoms with Crippen LogP contribution in [0.3, 0.4) is 0 Å². The van der Waals surface area contributed by atoms with Crippen molar-refractivity contribution in [3.05, 3.63) is 88.0 Å². The molecule has 0 radical (unpaired) electrons. The third kappa shape index (κ3) is 3.73. The summed E-state index contributed by atoms with van der Waals surface area (Å²) in [7, 11) is 1.58. The van der Waals surface area contributed by atoms with Crippen molar-refractivity contribution in [3.63, 3.8) is 0 Å². The molecule has 1 heterocycles. The maximum atomic E-state index is 11.2. The Balaban J connectivity index is 2.09. The van der Waals surface area contributed by atoms with Crippen molar-refractivity contribution in [1.82, 2.24) is 0 Å². The largest absolute Gasteiger partial charge is 0.379 e. The zero-order valence-electron chi connectivity index (χ0n) is 17.5. The van der Waals surface area contributed by atoms with Gasteiger partial charge < -0.3 is 9.84 Å². The number of allylic oxidation sites excluding steroid dienone is 3. The van der Waals surface area contributed by atoms with Gasteiger partial charge in [-0.25, -0.2) is 4.99 Å². The summed E-state index contributed by atoms with van der Waals surface area (Å²) in [5, 5.41) is 11.2. The molecule has 1 unspecified atom stereocenters. The van der Waals surface area contributed by atoms with Crippen molar-refractivity contribution >= 4 is 11.3 Å². The monoisotopic (exact) mass is 375 g/mol. The molecule has 3 nitrogen and oxygen atoms in total. The summed E-state index contributed by atoms with van der Waals surface area (Å²) in [6.07, 6.45) is 2.98. The Morgan fingerprint density at radius 1 is 1.18 bits per heavy atom. The van der Waals surface area contributed by atoms with Crippen molar-refractivity contribution in [1.29, 1.82) is 0 Å². The molecule has 1 N–H and O–H groups in total. The average Bonchev–Trinajstić information content (AvgIpc) is 2.92. The number of aryl methyl sites for hydroxylation is 3. The summed E-state index contributed by atoms with van der Waals surface area (Å²) < 4.78 is 5.28. The summed E-state index contributed by atoms with van der Waals surface area (Å²) in [4.78, 5) is 4.68. The lowest BCUT2D eigenvalue weighted by Gasteiger charge is -2.22. The normalized spacial score (nSPS) is 18.8. The lowest BCUT2D eigenvalue weighted by molar-refractivity contribution is -0.0264. The zero-order valence-corrected chi connectivity index (χ0v) is 17.5. The number of rotatable bonds is 6. The minimum Gasteiger partial charge on any atom is -0.379 e. The molecule has 1 aliphatic heterocycles. The summed E-state index contributed by atoms with van der Waals surface area (Å²) in [6.45, 7) is 12.7. The van der Waals surface area contributed by atoms with E-state index in [1.807, 2.05) is 6.92 Å². The van der Waals surface area contributed by atoms with Crippen LogP contribution in [0.25, 0.3) is 5.57 Å². The van der Waals surface area contributed by atoms with Crippen molar-refractivity contribution < 1.29 is 9.84 Å². The first kappa shape index (κ1) is 20.2. The van der Waals surface area contributed by atoms with Crippen LogP contribution in [0.2, 0.25) is 0 Å². The number of aliphatic hydroxyl groups is 1. The molecule has 0 fully saturated rings. The maximum Gasteiger partial charge on any atom is 0.207 e. The van der Waals surface area contributed by atoms with Gasteiger partial charge in [0.15, 0.2) is 0 Å². The Morgan fingerprint density at radius 3 is 2.57 bits per heavy atom. The second kappa shape index (κ2) is 7.86. The van der Waals surface area contributed by atoms with Gasteiger partial charge in [-0.2, -0.15) is 0 Å². The molecule has 0 amide bonds. The topological polar surface area (TPSA) is 41.8 Å². The van der Waals surface area contributed by atoms with Crippen LogP contribution in [-0.2, 0) is 10.5 Å². The van der Waals surface area contributed by atoms with E-state index in [2.05, 4.69) is 74.8 Å². The molecule has 0 saturated carbocycles. The minimum atomic E-state index is -1.37. The van der Waals surface area contributed by atoms with E-state index in [-0.39, 0.29) is 6.61 Å². The van der Waals surface area contributed by atoms with Gasteiger partial charge in [0.1, 0.15) is 6.61 Å². The molecule has 146 valence electrons. The van der Waals surface area contributed by atoms with E-state index < -0.39 is 5.72 Å². The highest BCUT2D eigenvalue weighted by molar-refractivity contribution is 6.17. The number of benzene rings is 2. The third-order valence-corrected chi connectivity index (χ3v) is 5.20. The number of methoxy groups -OCH3 is 1. The van der Waals surface area contributed by atoms with Gasteiger partial charge in [0.05, 0.1) is 5.71 Å². The van der Waals surface area contributed by atoms with Gasteiger partial charge in [-0.05, 0) is 61.6 Å². The Hall–Kier alpha value is -2.49. The van der Waals surface area contributed by atoms with E-state index in [1.54, 1.807) is 7.11 Å². The zero-order chi connectivity index (χ0) is 20.5. The van der Waals surface area contributed by atoms with Crippen molar-refractivity contribution in [2.75, 3.05) is 13.7 Å². The standard InChI is InChI=1S/C25H29NO2/c1-7-20(21-10-8-9-16(2)12-21)14-19(5)24-22-13-17(3)11-18(4)23(22)25(27,26-24)15-28-6/h8-14,27H,5,7,15H2,1-4,6H3/b20-14+. The van der Waals surface area contributed by atoms with Gasteiger partial charge in [-0.1, -0.05) is 55.0 Å². The third-order valence-electron chi connectivity index (χ3n) is 5.20. The smallest absolute Gasteiger partial charge is 0.207 e. The number of aliphatic imine (C=N–C) groups is 1. The molecular formula is C25H29NO2. The van der Waals surface area contributed by atoms with Crippen LogP contribution < -0.4 is 0 Å². The summed E-state index contributed by atoms with van der Waals surface area (Å²) in [5.41, 5.74) is 7.69. The molecule has 3 rings (SSSR count). The Labute approximate surface area is 168 Å². The molecule has 2 aromatic rings. The van der Waals surface area contributed by atoms with Gasteiger partial charge in [0.25, 0.3) is 0 Å². The van der Waals surface area contributed by atoms with Crippen molar-refractivity contribution in [2.24, 2.45) is 4.99 Å². The maximum absolute atomic E-state index is 11.2. The molecule has 0 aromatic heterocycles. The second-order valence-corrected chi connectivity index (χ2v) is 7.63. The van der Waals surface area contributed by atoms with Crippen LogP contribution in [-0.4, -0.2) is 24.5 Å². The van der Waals surface area contributed by atoms with Crippen LogP contribution in [0.5, 0.6) is 0 Å². The quantitative estimate of drug-likeness (QED) is 0.700. The van der Waals surface area contributed by atoms with Gasteiger partial charge in [-0.3, -0.25) is 0 Å². The van der Waals surface area contributed by atoms with Crippen LogP contribution in [0.15, 0.2) is 59.6 Å². The Kier molecular flexibility index (Phi) is 5.69. The molecule has 0 aliphatic carbocycles. The van der Waals surface area contributed by atoms with Gasteiger partial charge in [0, 0.05) is 18.2 Å². The first-order chi connectivity index (χ1) is 13.3. The highest BCUT2D eigenvalue weighted by Crippen LogP contribution is 2.39. The lowest BCUT2D eigenvalue weighted by atomic mass is 9.90. The first-order valence-corrected chi connectivity index (χ1v) is 9.69. The average molecular weight is 376 g/mol. The molecule has 1 atom stereocenters. The van der Waals surface area contributed by atoms with Crippen LogP contribution in [0.1, 0.15) is 46.7 Å². The molecular weight excluding hydrogens is 346 g/mol. The molecule has 3 heteroatoms. The summed E-state index contributed by atoms with van der Waals surface area (Å²) in [5.74, 6) is 0. The molecule has 28 heavy (non-hydrogen) atoms. The fourth-order valence-electron chi connectivity index (χ4n) is 4.05. The summed E-state index contributed by atoms with van der Waals surface area (Å²) in [6, 6.07) is 12.6. The van der Waals surface area contributed by atoms with E-state index in [9.17, 15) is 5.11 Å². The SMILES string of the molecule is C=C(/C=C(\CC)c1cccc(C)c1)C1=NC(O)(COC)c2c(C)cc(C)cc21. The van der Waals surface area contributed by atoms with E-state index >= 15 is 0 Å². The highest BCUT2D eigenvalue weighted by atomic mass is 16.5. The molecule has 0 spiro atoms. The summed E-state index contributed by atoms with van der Waals surface area (Å²) >= 11 is 0. The van der Waals surface area contributed by atoms with E-state index in [1.165, 1.54) is 16.7 Å². The highest BCUT2D eigenvalue weighted by Gasteiger charge is 2.40. The number of hydrogen-bond donors (Lipinski definition) is 1. The van der Waals surface area contributed by atoms with E-state index in [0.29, 0.717) is 0 Å². The predicted molar refractivity (Wildman–Crippen MR) is 117 cm³/mol. The molecule has 0 bridgehead atoms. The fraction of sp³-hybridized carbons (Fsp3) is 0.320. The minimum absolute atomic E-state index is 0.114. The fourth-order valence-corrected chi connectivity index (χ4v) is 4.05. The molecule has 1 aliphatic rings. The first-order valence-electron chi connectivity index (χ1n) is 9.69. The molecule has 2 aromatic carbocycles. The Bertz CT molecular complexity index is 984. The second-order valence-electron chi connectivity index (χ2n) is 7.63. The van der Waals surface area contributed by atoms with E-state index in [0.717, 1.165) is 40.0 Å². The van der Waals surface area contributed by atoms with Crippen molar-refractivity contribution in [2.45, 2.75) is 39.8 Å².